The lowest BCUT2D eigenvalue weighted by Gasteiger charge is -2.20. The summed E-state index contributed by atoms with van der Waals surface area (Å²) in [6, 6.07) is 3.88. The molecule has 0 radical (unpaired) electrons. The third-order valence-corrected chi connectivity index (χ3v) is 4.29. The molecular formula is C21H21ClF4N2O3. The molecular weight excluding hydrogens is 440 g/mol. The molecule has 1 aromatic heterocycles. The van der Waals surface area contributed by atoms with Gasteiger partial charge in [0.2, 0.25) is 0 Å². The molecule has 2 rings (SSSR count). The van der Waals surface area contributed by atoms with Crippen LogP contribution >= 0.6 is 11.6 Å². The highest BCUT2D eigenvalue weighted by molar-refractivity contribution is 6.30. The third kappa shape index (κ3) is 6.33. The molecule has 0 fully saturated rings. The third-order valence-electron chi connectivity index (χ3n) is 4.01. The van der Waals surface area contributed by atoms with Crippen molar-refractivity contribution in [3.05, 3.63) is 74.9 Å². The Bertz CT molecular complexity index is 1060. The zero-order valence-electron chi connectivity index (χ0n) is 17.1. The van der Waals surface area contributed by atoms with Gasteiger partial charge in [-0.3, -0.25) is 10.1 Å². The van der Waals surface area contributed by atoms with Gasteiger partial charge in [-0.15, -0.1) is 6.58 Å². The highest BCUT2D eigenvalue weighted by Gasteiger charge is 2.32. The molecule has 1 heterocycles. The summed E-state index contributed by atoms with van der Waals surface area (Å²) in [7, 11) is 0. The average Bonchev–Trinajstić information content (AvgIpc) is 2.61. The molecule has 0 aliphatic rings. The molecule has 0 unspecified atom stereocenters. The van der Waals surface area contributed by atoms with Crippen LogP contribution in [0.25, 0.3) is 0 Å². The van der Waals surface area contributed by atoms with E-state index in [9.17, 15) is 27.2 Å². The first-order valence-corrected chi connectivity index (χ1v) is 9.49. The first-order valence-electron chi connectivity index (χ1n) is 9.11. The normalized spacial score (nSPS) is 11.9. The SMILES string of the molecule is C=CCc1ccc(NC(=O)OC(C)(C)C)c(=O)n1Cc1cc(C(F)(F)F)cc(Cl)c1F. The number of hydrogen-bond acceptors (Lipinski definition) is 3. The van der Waals surface area contributed by atoms with E-state index in [-0.39, 0.29) is 12.1 Å². The van der Waals surface area contributed by atoms with E-state index < -0.39 is 51.9 Å². The molecule has 168 valence electrons. The second kappa shape index (κ2) is 9.13. The number of carbonyl (C=O) groups excluding carboxylic acids is 1. The number of nitrogens with zero attached hydrogens (tertiary/aromatic N) is 1. The van der Waals surface area contributed by atoms with E-state index >= 15 is 0 Å². The van der Waals surface area contributed by atoms with Crippen LogP contribution < -0.4 is 10.9 Å². The van der Waals surface area contributed by atoms with Crippen molar-refractivity contribution in [3.8, 4) is 0 Å². The number of anilines is 1. The van der Waals surface area contributed by atoms with Crippen LogP contribution in [0.3, 0.4) is 0 Å². The molecule has 5 nitrogen and oxygen atoms in total. The second-order valence-corrected chi connectivity index (χ2v) is 8.09. The maximum Gasteiger partial charge on any atom is 0.416 e. The molecule has 31 heavy (non-hydrogen) atoms. The fraction of sp³-hybridized carbons (Fsp3) is 0.333. The van der Waals surface area contributed by atoms with Crippen molar-refractivity contribution >= 4 is 23.4 Å². The molecule has 0 spiro atoms. The van der Waals surface area contributed by atoms with E-state index in [2.05, 4.69) is 11.9 Å². The Balaban J connectivity index is 2.53. The minimum atomic E-state index is -4.75. The van der Waals surface area contributed by atoms with Gasteiger partial charge < -0.3 is 9.30 Å². The van der Waals surface area contributed by atoms with Gasteiger partial charge >= 0.3 is 12.3 Å². The van der Waals surface area contributed by atoms with Crippen LogP contribution in [0.15, 0.2) is 41.7 Å². The number of amides is 1. The molecule has 0 saturated heterocycles. The summed E-state index contributed by atoms with van der Waals surface area (Å²) in [5, 5.41) is 1.59. The first-order chi connectivity index (χ1) is 14.2. The van der Waals surface area contributed by atoms with E-state index in [1.54, 1.807) is 20.8 Å². The van der Waals surface area contributed by atoms with Crippen molar-refractivity contribution in [3.63, 3.8) is 0 Å². The van der Waals surface area contributed by atoms with Crippen LogP contribution in [0.2, 0.25) is 5.02 Å². The predicted molar refractivity (Wildman–Crippen MR) is 110 cm³/mol. The van der Waals surface area contributed by atoms with E-state index in [0.717, 1.165) is 4.57 Å². The summed E-state index contributed by atoms with van der Waals surface area (Å²) in [6.45, 7) is 7.94. The van der Waals surface area contributed by atoms with Crippen molar-refractivity contribution in [1.82, 2.24) is 4.57 Å². The molecule has 1 aromatic carbocycles. The molecule has 0 aliphatic heterocycles. The molecule has 10 heteroatoms. The lowest BCUT2D eigenvalue weighted by atomic mass is 10.1. The maximum atomic E-state index is 14.5. The number of rotatable bonds is 5. The number of hydrogen-bond donors (Lipinski definition) is 1. The van der Waals surface area contributed by atoms with Crippen molar-refractivity contribution in [1.29, 1.82) is 0 Å². The van der Waals surface area contributed by atoms with Gasteiger partial charge in [0.05, 0.1) is 17.1 Å². The minimum Gasteiger partial charge on any atom is -0.444 e. The molecule has 0 bridgehead atoms. The highest BCUT2D eigenvalue weighted by atomic mass is 35.5. The van der Waals surface area contributed by atoms with Gasteiger partial charge in [-0.05, 0) is 45.0 Å². The Morgan fingerprint density at radius 1 is 1.26 bits per heavy atom. The number of ether oxygens (including phenoxy) is 1. The monoisotopic (exact) mass is 460 g/mol. The van der Waals surface area contributed by atoms with Crippen LogP contribution in [-0.4, -0.2) is 16.3 Å². The molecule has 1 N–H and O–H groups in total. The Hall–Kier alpha value is -2.81. The minimum absolute atomic E-state index is 0.177. The number of alkyl halides is 3. The van der Waals surface area contributed by atoms with Gasteiger partial charge in [0, 0.05) is 17.7 Å². The van der Waals surface area contributed by atoms with E-state index in [1.165, 1.54) is 18.2 Å². The molecule has 1 amide bonds. The maximum absolute atomic E-state index is 14.5. The van der Waals surface area contributed by atoms with Crippen molar-refractivity contribution < 1.29 is 27.1 Å². The average molecular weight is 461 g/mol. The van der Waals surface area contributed by atoms with Gasteiger partial charge in [0.15, 0.2) is 0 Å². The van der Waals surface area contributed by atoms with Crippen LogP contribution in [-0.2, 0) is 23.9 Å². The van der Waals surface area contributed by atoms with Gasteiger partial charge in [0.1, 0.15) is 17.1 Å². The van der Waals surface area contributed by atoms with Crippen molar-refractivity contribution in [2.24, 2.45) is 0 Å². The quantitative estimate of drug-likeness (QED) is 0.454. The summed E-state index contributed by atoms with van der Waals surface area (Å²) in [6.07, 6.45) is -3.99. The Labute approximate surface area is 181 Å². The zero-order chi connectivity index (χ0) is 23.6. The van der Waals surface area contributed by atoms with Crippen molar-refractivity contribution in [2.45, 2.75) is 45.5 Å². The summed E-state index contributed by atoms with van der Waals surface area (Å²) < 4.78 is 60.0. The smallest absolute Gasteiger partial charge is 0.416 e. The van der Waals surface area contributed by atoms with Crippen LogP contribution in [0.4, 0.5) is 28.0 Å². The zero-order valence-corrected chi connectivity index (χ0v) is 17.8. The summed E-state index contributed by atoms with van der Waals surface area (Å²) in [4.78, 5) is 24.9. The van der Waals surface area contributed by atoms with Crippen molar-refractivity contribution in [2.75, 3.05) is 5.32 Å². The van der Waals surface area contributed by atoms with Gasteiger partial charge in [-0.1, -0.05) is 17.7 Å². The Morgan fingerprint density at radius 3 is 2.45 bits per heavy atom. The lowest BCUT2D eigenvalue weighted by Crippen LogP contribution is -2.32. The van der Waals surface area contributed by atoms with Crippen LogP contribution in [0.5, 0.6) is 0 Å². The second-order valence-electron chi connectivity index (χ2n) is 7.68. The van der Waals surface area contributed by atoms with Gasteiger partial charge in [-0.2, -0.15) is 13.2 Å². The van der Waals surface area contributed by atoms with E-state index in [0.29, 0.717) is 17.8 Å². The topological polar surface area (TPSA) is 60.3 Å². The molecule has 0 saturated carbocycles. The summed E-state index contributed by atoms with van der Waals surface area (Å²) >= 11 is 5.64. The number of carbonyl (C=O) groups is 1. The number of halogens is 5. The number of allylic oxidation sites excluding steroid dienone is 1. The number of aromatic nitrogens is 1. The summed E-state index contributed by atoms with van der Waals surface area (Å²) in [5.41, 5.74) is -2.97. The molecule has 2 aromatic rings. The summed E-state index contributed by atoms with van der Waals surface area (Å²) in [5.74, 6) is -1.07. The van der Waals surface area contributed by atoms with E-state index in [4.69, 9.17) is 16.3 Å². The van der Waals surface area contributed by atoms with E-state index in [1.807, 2.05) is 0 Å². The first kappa shape index (κ1) is 24.5. The largest absolute Gasteiger partial charge is 0.444 e. The molecule has 0 aliphatic carbocycles. The Kier molecular flexibility index (Phi) is 7.21. The van der Waals surface area contributed by atoms with Crippen LogP contribution in [0, 0.1) is 5.82 Å². The Morgan fingerprint density at radius 2 is 1.90 bits per heavy atom. The number of nitrogens with one attached hydrogen (secondary N) is 1. The standard InChI is InChI=1S/C21H21ClF4N2O3/c1-5-6-14-7-8-16(27-19(30)31-20(2,3)4)18(29)28(14)11-12-9-13(21(24,25)26)10-15(22)17(12)23/h5,7-10H,1,6,11H2,2-4H3,(H,27,30). The lowest BCUT2D eigenvalue weighted by molar-refractivity contribution is -0.137. The van der Waals surface area contributed by atoms with Crippen LogP contribution in [0.1, 0.15) is 37.6 Å². The molecule has 0 atom stereocenters. The fourth-order valence-corrected chi connectivity index (χ4v) is 2.96. The fourth-order valence-electron chi connectivity index (χ4n) is 2.72. The van der Waals surface area contributed by atoms with Gasteiger partial charge in [0.25, 0.3) is 5.56 Å². The van der Waals surface area contributed by atoms with Gasteiger partial charge in [-0.25, -0.2) is 9.18 Å². The predicted octanol–water partition coefficient (Wildman–Crippen LogP) is 5.78. The highest BCUT2D eigenvalue weighted by Crippen LogP contribution is 2.33. The number of benzene rings is 1. The number of pyridine rings is 1.